The van der Waals surface area contributed by atoms with Gasteiger partial charge in [0.25, 0.3) is 0 Å². The Morgan fingerprint density at radius 2 is 1.69 bits per heavy atom. The van der Waals surface area contributed by atoms with Gasteiger partial charge in [0.1, 0.15) is 5.78 Å². The van der Waals surface area contributed by atoms with E-state index < -0.39 is 11.9 Å². The van der Waals surface area contributed by atoms with Gasteiger partial charge < -0.3 is 20.0 Å². The second-order valence-electron chi connectivity index (χ2n) is 8.16. The van der Waals surface area contributed by atoms with Gasteiger partial charge in [-0.25, -0.2) is 9.59 Å². The van der Waals surface area contributed by atoms with Gasteiger partial charge in [-0.05, 0) is 17.7 Å². The van der Waals surface area contributed by atoms with Gasteiger partial charge >= 0.3 is 11.9 Å². The number of carbonyl (C=O) groups is 5. The molecule has 2 amide bonds. The van der Waals surface area contributed by atoms with Crippen molar-refractivity contribution >= 4 is 52.7 Å². The van der Waals surface area contributed by atoms with Crippen molar-refractivity contribution < 1.29 is 34.2 Å². The largest absolute Gasteiger partial charge is 0.478 e. The summed E-state index contributed by atoms with van der Waals surface area (Å²) in [5.41, 5.74) is 0.804. The number of benzene rings is 1. The highest BCUT2D eigenvalue weighted by molar-refractivity contribution is 6.42. The van der Waals surface area contributed by atoms with Gasteiger partial charge in [-0.15, -0.1) is 0 Å². The Morgan fingerprint density at radius 3 is 2.20 bits per heavy atom. The Hall–Kier alpha value is -2.95. The molecule has 35 heavy (non-hydrogen) atoms. The zero-order chi connectivity index (χ0) is 26.1. The number of nitrogens with zero attached hydrogens (tertiary/aromatic N) is 3. The number of likely N-dealkylation sites (tertiary alicyclic amines) is 1. The third-order valence-electron chi connectivity index (χ3n) is 5.53. The van der Waals surface area contributed by atoms with Gasteiger partial charge in [-0.3, -0.25) is 19.3 Å². The van der Waals surface area contributed by atoms with E-state index in [2.05, 4.69) is 4.90 Å². The Balaban J connectivity index is 0.000000466. The molecule has 190 valence electrons. The SMILES string of the molecule is CC(=O)N1CCN(C(=O)Cc2ccc(Cl)c(Cl)c2)C(CN2CCC(=O)C2)C1.O=C(O)/C=C\C(=O)O. The van der Waals surface area contributed by atoms with Crippen LogP contribution in [-0.4, -0.2) is 99.8 Å². The number of aliphatic carboxylic acids is 2. The average Bonchev–Trinajstić information content (AvgIpc) is 3.19. The molecule has 3 rings (SSSR count). The fourth-order valence-corrected chi connectivity index (χ4v) is 4.16. The molecule has 2 fully saturated rings. The molecule has 10 nitrogen and oxygen atoms in total. The second kappa shape index (κ2) is 13.2. The van der Waals surface area contributed by atoms with Crippen LogP contribution in [-0.2, 0) is 30.4 Å². The van der Waals surface area contributed by atoms with Crippen molar-refractivity contribution in [3.05, 3.63) is 46.0 Å². The highest BCUT2D eigenvalue weighted by Gasteiger charge is 2.34. The quantitative estimate of drug-likeness (QED) is 0.532. The first-order chi connectivity index (χ1) is 16.5. The van der Waals surface area contributed by atoms with E-state index in [0.29, 0.717) is 67.9 Å². The van der Waals surface area contributed by atoms with E-state index in [1.54, 1.807) is 30.0 Å². The summed E-state index contributed by atoms with van der Waals surface area (Å²) >= 11 is 12.0. The Morgan fingerprint density at radius 1 is 1.03 bits per heavy atom. The minimum atomic E-state index is -1.26. The molecule has 2 N–H and O–H groups in total. The first kappa shape index (κ1) is 28.3. The topological polar surface area (TPSA) is 136 Å². The van der Waals surface area contributed by atoms with Crippen molar-refractivity contribution in [1.29, 1.82) is 0 Å². The van der Waals surface area contributed by atoms with Crippen molar-refractivity contribution in [2.75, 3.05) is 39.3 Å². The van der Waals surface area contributed by atoms with Gasteiger partial charge in [0, 0.05) is 58.2 Å². The number of hydrogen-bond acceptors (Lipinski definition) is 6. The summed E-state index contributed by atoms with van der Waals surface area (Å²) in [6, 6.07) is 5.07. The van der Waals surface area contributed by atoms with Crippen molar-refractivity contribution in [3.63, 3.8) is 0 Å². The maximum atomic E-state index is 12.9. The Bertz CT molecular complexity index is 999. The monoisotopic (exact) mass is 527 g/mol. The molecule has 2 aliphatic rings. The van der Waals surface area contributed by atoms with Crippen LogP contribution in [0.25, 0.3) is 0 Å². The lowest BCUT2D eigenvalue weighted by Gasteiger charge is -2.42. The summed E-state index contributed by atoms with van der Waals surface area (Å²) in [6.07, 6.45) is 1.90. The van der Waals surface area contributed by atoms with Crippen LogP contribution < -0.4 is 0 Å². The molecule has 0 bridgehead atoms. The molecule has 1 aromatic carbocycles. The third kappa shape index (κ3) is 9.31. The molecule has 1 atom stereocenters. The van der Waals surface area contributed by atoms with E-state index in [1.807, 2.05) is 4.90 Å². The number of piperazine rings is 1. The minimum Gasteiger partial charge on any atom is -0.478 e. The van der Waals surface area contributed by atoms with Crippen molar-refractivity contribution in [1.82, 2.24) is 14.7 Å². The molecule has 0 saturated carbocycles. The second-order valence-corrected chi connectivity index (χ2v) is 8.98. The lowest BCUT2D eigenvalue weighted by atomic mass is 10.1. The summed E-state index contributed by atoms with van der Waals surface area (Å²) in [6.45, 7) is 4.79. The highest BCUT2D eigenvalue weighted by Crippen LogP contribution is 2.23. The van der Waals surface area contributed by atoms with Crippen LogP contribution in [0.15, 0.2) is 30.4 Å². The van der Waals surface area contributed by atoms with Gasteiger partial charge in [0.2, 0.25) is 11.8 Å². The number of rotatable bonds is 6. The first-order valence-electron chi connectivity index (χ1n) is 10.8. The Kier molecular flexibility index (Phi) is 10.7. The smallest absolute Gasteiger partial charge is 0.328 e. The number of amides is 2. The minimum absolute atomic E-state index is 0.00730. The normalized spacial score (nSPS) is 18.4. The summed E-state index contributed by atoms with van der Waals surface area (Å²) in [4.78, 5) is 61.1. The fourth-order valence-electron chi connectivity index (χ4n) is 3.84. The predicted molar refractivity (Wildman–Crippen MR) is 128 cm³/mol. The standard InChI is InChI=1S/C19H23Cl2N3O3.C4H4O4/c1-13(25)23-6-7-24(15(11-23)10-22-5-4-16(26)12-22)19(27)9-14-2-3-17(20)18(21)8-14;5-3(6)1-2-4(7)8/h2-3,8,15H,4-7,9-12H2,1H3;1-2H,(H,5,6)(H,7,8)/b;2-1-. The third-order valence-corrected chi connectivity index (χ3v) is 6.27. The van der Waals surface area contributed by atoms with Crippen LogP contribution in [0.2, 0.25) is 10.0 Å². The van der Waals surface area contributed by atoms with Crippen molar-refractivity contribution in [2.24, 2.45) is 0 Å². The summed E-state index contributed by atoms with van der Waals surface area (Å²) in [5, 5.41) is 16.5. The van der Waals surface area contributed by atoms with Gasteiger partial charge in [0.05, 0.1) is 29.1 Å². The molecule has 2 saturated heterocycles. The molecule has 0 radical (unpaired) electrons. The molecule has 12 heteroatoms. The number of carboxylic acid groups (broad SMARTS) is 2. The zero-order valence-corrected chi connectivity index (χ0v) is 20.7. The zero-order valence-electron chi connectivity index (χ0n) is 19.2. The van der Waals surface area contributed by atoms with Crippen LogP contribution in [0, 0.1) is 0 Å². The van der Waals surface area contributed by atoms with Crippen molar-refractivity contribution in [3.8, 4) is 0 Å². The number of hydrogen-bond donors (Lipinski definition) is 2. The average molecular weight is 528 g/mol. The predicted octanol–water partition coefficient (Wildman–Crippen LogP) is 1.58. The van der Waals surface area contributed by atoms with E-state index in [4.69, 9.17) is 33.4 Å². The van der Waals surface area contributed by atoms with Gasteiger partial charge in [-0.1, -0.05) is 29.3 Å². The van der Waals surface area contributed by atoms with Crippen LogP contribution in [0.1, 0.15) is 18.9 Å². The number of halogens is 2. The lowest BCUT2D eigenvalue weighted by molar-refractivity contribution is -0.142. The molecule has 1 unspecified atom stereocenters. The maximum absolute atomic E-state index is 12.9. The number of carbonyl (C=O) groups excluding carboxylic acids is 3. The molecule has 0 spiro atoms. The van der Waals surface area contributed by atoms with Gasteiger partial charge in [0.15, 0.2) is 0 Å². The van der Waals surface area contributed by atoms with Crippen LogP contribution in [0.3, 0.4) is 0 Å². The van der Waals surface area contributed by atoms with E-state index >= 15 is 0 Å². The van der Waals surface area contributed by atoms with E-state index in [0.717, 1.165) is 5.56 Å². The van der Waals surface area contributed by atoms with Crippen LogP contribution in [0.5, 0.6) is 0 Å². The summed E-state index contributed by atoms with van der Waals surface area (Å²) in [7, 11) is 0. The maximum Gasteiger partial charge on any atom is 0.328 e. The summed E-state index contributed by atoms with van der Waals surface area (Å²) < 4.78 is 0. The number of ketones is 1. The van der Waals surface area contributed by atoms with E-state index in [9.17, 15) is 24.0 Å². The molecule has 0 aliphatic carbocycles. The molecule has 1 aromatic rings. The molecule has 0 aromatic heterocycles. The summed E-state index contributed by atoms with van der Waals surface area (Å²) in [5.74, 6) is -2.29. The fraction of sp³-hybridized carbons (Fsp3) is 0.435. The Labute approximate surface area is 212 Å². The number of Topliss-reactive ketones (excluding diaryl/α,β-unsaturated/α-hetero) is 1. The van der Waals surface area contributed by atoms with E-state index in [-0.39, 0.29) is 30.1 Å². The lowest BCUT2D eigenvalue weighted by Crippen LogP contribution is -2.59. The van der Waals surface area contributed by atoms with E-state index in [1.165, 1.54) is 0 Å². The molecular weight excluding hydrogens is 501 g/mol. The molecule has 2 heterocycles. The molecular formula is C23H27Cl2N3O7. The highest BCUT2D eigenvalue weighted by atomic mass is 35.5. The molecule has 2 aliphatic heterocycles. The van der Waals surface area contributed by atoms with Crippen LogP contribution >= 0.6 is 23.2 Å². The van der Waals surface area contributed by atoms with Crippen LogP contribution in [0.4, 0.5) is 0 Å². The first-order valence-corrected chi connectivity index (χ1v) is 11.6. The van der Waals surface area contributed by atoms with Crippen molar-refractivity contribution in [2.45, 2.75) is 25.8 Å². The number of carboxylic acids is 2. The van der Waals surface area contributed by atoms with Gasteiger partial charge in [-0.2, -0.15) is 0 Å².